The molecule has 1 heterocycles. The van der Waals surface area contributed by atoms with Crippen LogP contribution < -0.4 is 10.6 Å². The van der Waals surface area contributed by atoms with E-state index in [0.29, 0.717) is 25.7 Å². The van der Waals surface area contributed by atoms with E-state index >= 15 is 0 Å². The SMILES string of the molecule is CCc1cc(CNC(=O)N[C@H](C)COCC(C)C)[nH]n1. The van der Waals surface area contributed by atoms with Crippen LogP contribution in [0.5, 0.6) is 0 Å². The van der Waals surface area contributed by atoms with Gasteiger partial charge in [0.1, 0.15) is 0 Å². The van der Waals surface area contributed by atoms with Crippen LogP contribution in [0.15, 0.2) is 6.07 Å². The lowest BCUT2D eigenvalue weighted by atomic mass is 10.2. The molecule has 6 heteroatoms. The number of aryl methyl sites for hydroxylation is 1. The molecule has 0 unspecified atom stereocenters. The summed E-state index contributed by atoms with van der Waals surface area (Å²) in [5, 5.41) is 12.6. The van der Waals surface area contributed by atoms with Gasteiger partial charge in [0, 0.05) is 6.61 Å². The highest BCUT2D eigenvalue weighted by atomic mass is 16.5. The van der Waals surface area contributed by atoms with Crippen molar-refractivity contribution in [2.24, 2.45) is 5.92 Å². The summed E-state index contributed by atoms with van der Waals surface area (Å²) in [6.07, 6.45) is 0.882. The van der Waals surface area contributed by atoms with E-state index in [4.69, 9.17) is 4.74 Å². The molecule has 0 radical (unpaired) electrons. The molecule has 6 nitrogen and oxygen atoms in total. The normalized spacial score (nSPS) is 12.4. The van der Waals surface area contributed by atoms with E-state index < -0.39 is 0 Å². The lowest BCUT2D eigenvalue weighted by Crippen LogP contribution is -2.42. The summed E-state index contributed by atoms with van der Waals surface area (Å²) in [7, 11) is 0. The molecule has 0 aliphatic heterocycles. The van der Waals surface area contributed by atoms with Crippen LogP contribution >= 0.6 is 0 Å². The largest absolute Gasteiger partial charge is 0.379 e. The quantitative estimate of drug-likeness (QED) is 0.680. The summed E-state index contributed by atoms with van der Waals surface area (Å²) in [6, 6.07) is 1.75. The van der Waals surface area contributed by atoms with Gasteiger partial charge in [-0.1, -0.05) is 20.8 Å². The zero-order valence-corrected chi connectivity index (χ0v) is 12.8. The molecule has 1 aromatic heterocycles. The van der Waals surface area contributed by atoms with Crippen molar-refractivity contribution in [3.63, 3.8) is 0 Å². The molecule has 0 fully saturated rings. The maximum absolute atomic E-state index is 11.7. The first-order valence-corrected chi connectivity index (χ1v) is 7.16. The van der Waals surface area contributed by atoms with Gasteiger partial charge < -0.3 is 15.4 Å². The Labute approximate surface area is 120 Å². The average Bonchev–Trinajstić information content (AvgIpc) is 2.83. The molecular weight excluding hydrogens is 256 g/mol. The number of amides is 2. The first-order valence-electron chi connectivity index (χ1n) is 7.16. The van der Waals surface area contributed by atoms with Crippen molar-refractivity contribution in [1.29, 1.82) is 0 Å². The third-order valence-electron chi connectivity index (χ3n) is 2.68. The van der Waals surface area contributed by atoms with Crippen molar-refractivity contribution >= 4 is 6.03 Å². The molecule has 0 spiro atoms. The van der Waals surface area contributed by atoms with Crippen LogP contribution in [0.1, 0.15) is 39.1 Å². The topological polar surface area (TPSA) is 79.0 Å². The fourth-order valence-corrected chi connectivity index (χ4v) is 1.65. The maximum atomic E-state index is 11.7. The molecule has 0 aliphatic rings. The summed E-state index contributed by atoms with van der Waals surface area (Å²) < 4.78 is 5.48. The van der Waals surface area contributed by atoms with Crippen molar-refractivity contribution in [2.75, 3.05) is 13.2 Å². The predicted octanol–water partition coefficient (Wildman–Crippen LogP) is 1.83. The Morgan fingerprint density at radius 1 is 1.40 bits per heavy atom. The highest BCUT2D eigenvalue weighted by Crippen LogP contribution is 1.99. The van der Waals surface area contributed by atoms with Crippen molar-refractivity contribution in [2.45, 2.75) is 46.7 Å². The molecule has 1 rings (SSSR count). The lowest BCUT2D eigenvalue weighted by Gasteiger charge is -2.15. The van der Waals surface area contributed by atoms with Crippen LogP contribution in [0.25, 0.3) is 0 Å². The monoisotopic (exact) mass is 282 g/mol. The first kappa shape index (κ1) is 16.5. The molecule has 2 amide bonds. The zero-order chi connectivity index (χ0) is 15.0. The average molecular weight is 282 g/mol. The van der Waals surface area contributed by atoms with Crippen molar-refractivity contribution < 1.29 is 9.53 Å². The smallest absolute Gasteiger partial charge is 0.315 e. The van der Waals surface area contributed by atoms with Gasteiger partial charge in [0.05, 0.1) is 30.6 Å². The fourth-order valence-electron chi connectivity index (χ4n) is 1.65. The second-order valence-corrected chi connectivity index (χ2v) is 5.40. The highest BCUT2D eigenvalue weighted by Gasteiger charge is 2.08. The lowest BCUT2D eigenvalue weighted by molar-refractivity contribution is 0.0954. The summed E-state index contributed by atoms with van der Waals surface area (Å²) in [6.45, 7) is 9.83. The Morgan fingerprint density at radius 2 is 2.15 bits per heavy atom. The van der Waals surface area contributed by atoms with Crippen LogP contribution in [0.4, 0.5) is 4.79 Å². The van der Waals surface area contributed by atoms with Crippen LogP contribution in [-0.4, -0.2) is 35.5 Å². The number of aromatic amines is 1. The summed E-state index contributed by atoms with van der Waals surface area (Å²) in [5.41, 5.74) is 1.90. The summed E-state index contributed by atoms with van der Waals surface area (Å²) >= 11 is 0. The standard InChI is InChI=1S/C14H26N4O2/c1-5-12-6-13(18-17-12)7-15-14(19)16-11(4)9-20-8-10(2)3/h6,10-11H,5,7-9H2,1-4H3,(H,17,18)(H2,15,16,19)/t11-/m1/s1. The molecule has 0 bridgehead atoms. The number of hydrogen-bond donors (Lipinski definition) is 3. The number of urea groups is 1. The van der Waals surface area contributed by atoms with E-state index in [2.05, 4.69) is 34.7 Å². The van der Waals surface area contributed by atoms with Crippen molar-refractivity contribution in [3.8, 4) is 0 Å². The minimum Gasteiger partial charge on any atom is -0.379 e. The number of carbonyl (C=O) groups is 1. The van der Waals surface area contributed by atoms with E-state index in [1.807, 2.05) is 19.9 Å². The zero-order valence-electron chi connectivity index (χ0n) is 12.8. The predicted molar refractivity (Wildman–Crippen MR) is 78.5 cm³/mol. The minimum atomic E-state index is -0.196. The molecule has 0 aromatic carbocycles. The third kappa shape index (κ3) is 6.56. The van der Waals surface area contributed by atoms with Gasteiger partial charge in [-0.15, -0.1) is 0 Å². The number of carbonyl (C=O) groups excluding carboxylic acids is 1. The molecule has 114 valence electrons. The third-order valence-corrected chi connectivity index (χ3v) is 2.68. The number of aromatic nitrogens is 2. The number of ether oxygens (including phenoxy) is 1. The van der Waals surface area contributed by atoms with Gasteiger partial charge in [-0.2, -0.15) is 5.10 Å². The Morgan fingerprint density at radius 3 is 2.75 bits per heavy atom. The molecular formula is C14H26N4O2. The molecule has 0 aliphatic carbocycles. The van der Waals surface area contributed by atoms with Crippen LogP contribution in [0.2, 0.25) is 0 Å². The van der Waals surface area contributed by atoms with Crippen LogP contribution in [0, 0.1) is 5.92 Å². The molecule has 20 heavy (non-hydrogen) atoms. The van der Waals surface area contributed by atoms with Gasteiger partial charge in [-0.25, -0.2) is 4.79 Å². The summed E-state index contributed by atoms with van der Waals surface area (Å²) in [4.78, 5) is 11.7. The van der Waals surface area contributed by atoms with E-state index in [9.17, 15) is 4.79 Å². The van der Waals surface area contributed by atoms with Gasteiger partial charge in [-0.05, 0) is 25.3 Å². The number of H-pyrrole nitrogens is 1. The maximum Gasteiger partial charge on any atom is 0.315 e. The van der Waals surface area contributed by atoms with Gasteiger partial charge in [0.15, 0.2) is 0 Å². The Bertz CT molecular complexity index is 404. The second-order valence-electron chi connectivity index (χ2n) is 5.40. The van der Waals surface area contributed by atoms with E-state index in [-0.39, 0.29) is 12.1 Å². The molecule has 3 N–H and O–H groups in total. The Balaban J connectivity index is 2.19. The van der Waals surface area contributed by atoms with Gasteiger partial charge in [0.25, 0.3) is 0 Å². The Hall–Kier alpha value is -1.56. The first-order chi connectivity index (χ1) is 9.51. The summed E-state index contributed by atoms with van der Waals surface area (Å²) in [5.74, 6) is 0.504. The Kier molecular flexibility index (Phi) is 7.08. The van der Waals surface area contributed by atoms with Gasteiger partial charge in [0.2, 0.25) is 0 Å². The van der Waals surface area contributed by atoms with E-state index in [1.165, 1.54) is 0 Å². The van der Waals surface area contributed by atoms with Crippen LogP contribution in [0.3, 0.4) is 0 Å². The number of rotatable bonds is 8. The highest BCUT2D eigenvalue weighted by molar-refractivity contribution is 5.74. The number of hydrogen-bond acceptors (Lipinski definition) is 3. The fraction of sp³-hybridized carbons (Fsp3) is 0.714. The van der Waals surface area contributed by atoms with Gasteiger partial charge >= 0.3 is 6.03 Å². The van der Waals surface area contributed by atoms with Crippen LogP contribution in [-0.2, 0) is 17.7 Å². The second kappa shape index (κ2) is 8.58. The van der Waals surface area contributed by atoms with E-state index in [0.717, 1.165) is 17.8 Å². The molecule has 0 saturated carbocycles. The number of nitrogens with zero attached hydrogens (tertiary/aromatic N) is 1. The van der Waals surface area contributed by atoms with Crippen molar-refractivity contribution in [3.05, 3.63) is 17.5 Å². The van der Waals surface area contributed by atoms with Crippen molar-refractivity contribution in [1.82, 2.24) is 20.8 Å². The van der Waals surface area contributed by atoms with E-state index in [1.54, 1.807) is 0 Å². The minimum absolute atomic E-state index is 0.0123. The molecule has 0 saturated heterocycles. The van der Waals surface area contributed by atoms with Gasteiger partial charge in [-0.3, -0.25) is 5.10 Å². The molecule has 1 aromatic rings. The molecule has 1 atom stereocenters. The number of nitrogens with one attached hydrogen (secondary N) is 3.